The van der Waals surface area contributed by atoms with Crippen LogP contribution in [0.3, 0.4) is 0 Å². The lowest BCUT2D eigenvalue weighted by atomic mass is 10.2. The van der Waals surface area contributed by atoms with E-state index in [1.807, 2.05) is 6.07 Å². The fourth-order valence-electron chi connectivity index (χ4n) is 1.57. The van der Waals surface area contributed by atoms with Gasteiger partial charge in [-0.15, -0.1) is 0 Å². The van der Waals surface area contributed by atoms with Crippen LogP contribution in [0.5, 0.6) is 5.88 Å². The molecule has 1 aromatic carbocycles. The lowest BCUT2D eigenvalue weighted by Gasteiger charge is -2.10. The van der Waals surface area contributed by atoms with Crippen LogP contribution in [0.1, 0.15) is 5.56 Å². The number of anilines is 1. The zero-order chi connectivity index (χ0) is 13.0. The fraction of sp³-hybridized carbons (Fsp3) is 0.154. The summed E-state index contributed by atoms with van der Waals surface area (Å²) in [5, 5.41) is 2.87. The largest absolute Gasteiger partial charge is 0.481 e. The number of halogens is 2. The van der Waals surface area contributed by atoms with Crippen LogP contribution in [0.15, 0.2) is 36.5 Å². The first-order valence-electron chi connectivity index (χ1n) is 5.37. The molecule has 0 spiro atoms. The summed E-state index contributed by atoms with van der Waals surface area (Å²) in [5.41, 5.74) is 1.03. The number of pyridine rings is 1. The van der Waals surface area contributed by atoms with Gasteiger partial charge in [-0.1, -0.05) is 6.07 Å². The number of nitrogens with zero attached hydrogens (tertiary/aromatic N) is 1. The first-order chi connectivity index (χ1) is 8.70. The predicted molar refractivity (Wildman–Crippen MR) is 64.5 cm³/mol. The van der Waals surface area contributed by atoms with Gasteiger partial charge in [0.2, 0.25) is 5.88 Å². The number of ether oxygens (including phenoxy) is 1. The molecule has 3 nitrogen and oxygen atoms in total. The number of rotatable bonds is 4. The summed E-state index contributed by atoms with van der Waals surface area (Å²) in [5.74, 6) is -0.748. The van der Waals surface area contributed by atoms with Crippen molar-refractivity contribution >= 4 is 5.69 Å². The number of hydrogen-bond acceptors (Lipinski definition) is 3. The maximum absolute atomic E-state index is 13.4. The maximum atomic E-state index is 13.4. The SMILES string of the molecule is COc1ncccc1CNc1ccc(F)cc1F. The quantitative estimate of drug-likeness (QED) is 0.905. The van der Waals surface area contributed by atoms with Crippen LogP contribution in [0, 0.1) is 11.6 Å². The molecule has 0 aliphatic carbocycles. The minimum Gasteiger partial charge on any atom is -0.481 e. The minimum atomic E-state index is -0.627. The molecule has 0 radical (unpaired) electrons. The monoisotopic (exact) mass is 250 g/mol. The lowest BCUT2D eigenvalue weighted by molar-refractivity contribution is 0.393. The van der Waals surface area contributed by atoms with Gasteiger partial charge in [0.25, 0.3) is 0 Å². The van der Waals surface area contributed by atoms with Gasteiger partial charge in [-0.05, 0) is 18.2 Å². The zero-order valence-electron chi connectivity index (χ0n) is 9.78. The molecule has 94 valence electrons. The van der Waals surface area contributed by atoms with E-state index in [9.17, 15) is 8.78 Å². The van der Waals surface area contributed by atoms with Crippen LogP contribution in [-0.2, 0) is 6.54 Å². The van der Waals surface area contributed by atoms with E-state index in [0.29, 0.717) is 12.4 Å². The third-order valence-corrected chi connectivity index (χ3v) is 2.44. The Hall–Kier alpha value is -2.17. The molecular weight excluding hydrogens is 238 g/mol. The van der Waals surface area contributed by atoms with Gasteiger partial charge in [0.15, 0.2) is 0 Å². The van der Waals surface area contributed by atoms with Crippen LogP contribution < -0.4 is 10.1 Å². The summed E-state index contributed by atoms with van der Waals surface area (Å²) in [7, 11) is 1.52. The summed E-state index contributed by atoms with van der Waals surface area (Å²) in [6.07, 6.45) is 1.61. The van der Waals surface area contributed by atoms with Crippen molar-refractivity contribution in [3.8, 4) is 5.88 Å². The molecule has 0 atom stereocenters. The third-order valence-electron chi connectivity index (χ3n) is 2.44. The highest BCUT2D eigenvalue weighted by Crippen LogP contribution is 2.19. The first kappa shape index (κ1) is 12.3. The maximum Gasteiger partial charge on any atom is 0.218 e. The molecule has 0 saturated carbocycles. The third kappa shape index (κ3) is 2.74. The predicted octanol–water partition coefficient (Wildman–Crippen LogP) is 2.98. The summed E-state index contributed by atoms with van der Waals surface area (Å²) >= 11 is 0. The molecule has 0 bridgehead atoms. The molecule has 0 aliphatic heterocycles. The standard InChI is InChI=1S/C13H12F2N2O/c1-18-13-9(3-2-6-16-13)8-17-12-5-4-10(14)7-11(12)15/h2-7,17H,8H2,1H3. The molecule has 0 fully saturated rings. The Labute approximate surface area is 103 Å². The van der Waals surface area contributed by atoms with Gasteiger partial charge in [0, 0.05) is 24.4 Å². The lowest BCUT2D eigenvalue weighted by Crippen LogP contribution is -2.04. The molecule has 1 heterocycles. The van der Waals surface area contributed by atoms with Gasteiger partial charge >= 0.3 is 0 Å². The van der Waals surface area contributed by atoms with E-state index in [1.54, 1.807) is 12.3 Å². The first-order valence-corrected chi connectivity index (χ1v) is 5.37. The van der Waals surface area contributed by atoms with Crippen molar-refractivity contribution in [3.63, 3.8) is 0 Å². The molecule has 18 heavy (non-hydrogen) atoms. The Balaban J connectivity index is 2.11. The van der Waals surface area contributed by atoms with Crippen molar-refractivity contribution < 1.29 is 13.5 Å². The van der Waals surface area contributed by atoms with E-state index < -0.39 is 11.6 Å². The molecule has 0 unspecified atom stereocenters. The van der Waals surface area contributed by atoms with Crippen molar-refractivity contribution in [2.24, 2.45) is 0 Å². The van der Waals surface area contributed by atoms with Gasteiger partial charge in [-0.3, -0.25) is 0 Å². The van der Waals surface area contributed by atoms with E-state index in [-0.39, 0.29) is 5.69 Å². The summed E-state index contributed by atoms with van der Waals surface area (Å²) in [6, 6.07) is 6.98. The normalized spacial score (nSPS) is 10.2. The van der Waals surface area contributed by atoms with E-state index in [0.717, 1.165) is 11.6 Å². The smallest absolute Gasteiger partial charge is 0.218 e. The second kappa shape index (κ2) is 5.44. The van der Waals surface area contributed by atoms with E-state index in [1.165, 1.54) is 19.2 Å². The number of methoxy groups -OCH3 is 1. The van der Waals surface area contributed by atoms with Crippen molar-refractivity contribution in [2.45, 2.75) is 6.54 Å². The Kier molecular flexibility index (Phi) is 3.72. The fourth-order valence-corrected chi connectivity index (χ4v) is 1.57. The Morgan fingerprint density at radius 1 is 1.28 bits per heavy atom. The molecule has 0 aliphatic rings. The molecule has 1 aromatic heterocycles. The van der Waals surface area contributed by atoms with Crippen molar-refractivity contribution in [3.05, 3.63) is 53.7 Å². The second-order valence-electron chi connectivity index (χ2n) is 3.65. The highest BCUT2D eigenvalue weighted by Gasteiger charge is 2.06. The van der Waals surface area contributed by atoms with Gasteiger partial charge < -0.3 is 10.1 Å². The summed E-state index contributed by atoms with van der Waals surface area (Å²) in [4.78, 5) is 4.03. The van der Waals surface area contributed by atoms with Crippen LogP contribution >= 0.6 is 0 Å². The Morgan fingerprint density at radius 3 is 2.83 bits per heavy atom. The van der Waals surface area contributed by atoms with Gasteiger partial charge in [0.05, 0.1) is 12.8 Å². The highest BCUT2D eigenvalue weighted by molar-refractivity contribution is 5.45. The van der Waals surface area contributed by atoms with Crippen molar-refractivity contribution in [2.75, 3.05) is 12.4 Å². The van der Waals surface area contributed by atoms with Crippen molar-refractivity contribution in [1.29, 1.82) is 0 Å². The van der Waals surface area contributed by atoms with Crippen LogP contribution in [-0.4, -0.2) is 12.1 Å². The minimum absolute atomic E-state index is 0.238. The highest BCUT2D eigenvalue weighted by atomic mass is 19.1. The average molecular weight is 250 g/mol. The topological polar surface area (TPSA) is 34.1 Å². The number of nitrogens with one attached hydrogen (secondary N) is 1. The van der Waals surface area contributed by atoms with Gasteiger partial charge in [-0.2, -0.15) is 0 Å². The molecule has 1 N–H and O–H groups in total. The zero-order valence-corrected chi connectivity index (χ0v) is 9.78. The number of hydrogen-bond donors (Lipinski definition) is 1. The number of benzene rings is 1. The van der Waals surface area contributed by atoms with E-state index in [4.69, 9.17) is 4.74 Å². The second-order valence-corrected chi connectivity index (χ2v) is 3.65. The van der Waals surface area contributed by atoms with Crippen LogP contribution in [0.4, 0.5) is 14.5 Å². The molecule has 5 heteroatoms. The van der Waals surface area contributed by atoms with Crippen LogP contribution in [0.25, 0.3) is 0 Å². The Morgan fingerprint density at radius 2 is 2.11 bits per heavy atom. The van der Waals surface area contributed by atoms with E-state index in [2.05, 4.69) is 10.3 Å². The van der Waals surface area contributed by atoms with Gasteiger partial charge in [-0.25, -0.2) is 13.8 Å². The molecule has 2 rings (SSSR count). The van der Waals surface area contributed by atoms with Crippen LogP contribution in [0.2, 0.25) is 0 Å². The van der Waals surface area contributed by atoms with Gasteiger partial charge in [0.1, 0.15) is 11.6 Å². The summed E-state index contributed by atoms with van der Waals surface area (Å²) < 4.78 is 31.2. The molecule has 0 amide bonds. The Bertz CT molecular complexity index is 546. The number of aromatic nitrogens is 1. The average Bonchev–Trinajstić information content (AvgIpc) is 2.38. The summed E-state index contributed by atoms with van der Waals surface area (Å²) in [6.45, 7) is 0.347. The van der Waals surface area contributed by atoms with Crippen molar-refractivity contribution in [1.82, 2.24) is 4.98 Å². The molecular formula is C13H12F2N2O. The molecule has 2 aromatic rings. The molecule has 0 saturated heterocycles. The van der Waals surface area contributed by atoms with E-state index >= 15 is 0 Å².